The van der Waals surface area contributed by atoms with Gasteiger partial charge in [-0.1, -0.05) is 50.2 Å². The Kier molecular flexibility index (Phi) is 5.85. The summed E-state index contributed by atoms with van der Waals surface area (Å²) in [6.07, 6.45) is 0. The average Bonchev–Trinajstić information content (AvgIpc) is 2.67. The molecule has 0 bridgehead atoms. The van der Waals surface area contributed by atoms with Crippen molar-refractivity contribution < 1.29 is 0 Å². The maximum absolute atomic E-state index is 5.59. The first-order valence-corrected chi connectivity index (χ1v) is 9.38. The van der Waals surface area contributed by atoms with Crippen LogP contribution in [0.1, 0.15) is 13.8 Å². The molecule has 0 unspecified atom stereocenters. The van der Waals surface area contributed by atoms with E-state index in [2.05, 4.69) is 70.2 Å². The highest BCUT2D eigenvalue weighted by atomic mass is 32.1. The molecule has 0 aliphatic carbocycles. The van der Waals surface area contributed by atoms with Crippen molar-refractivity contribution in [2.75, 3.05) is 19.6 Å². The number of benzene rings is 2. The summed E-state index contributed by atoms with van der Waals surface area (Å²) in [5, 5.41) is 7.67. The van der Waals surface area contributed by atoms with E-state index in [0.717, 1.165) is 53.3 Å². The number of nitrogens with one attached hydrogen (secondary N) is 1. The third-order valence-corrected chi connectivity index (χ3v) is 4.80. The van der Waals surface area contributed by atoms with Crippen LogP contribution in [0, 0.1) is 0 Å². The van der Waals surface area contributed by atoms with Gasteiger partial charge in [-0.15, -0.1) is 0 Å². The Morgan fingerprint density at radius 2 is 1.58 bits per heavy atom. The van der Waals surface area contributed by atoms with E-state index in [-0.39, 0.29) is 5.11 Å². The summed E-state index contributed by atoms with van der Waals surface area (Å²) < 4.78 is 2.38. The SMILES string of the molecule is CCN(CC)CCn1c2ccccc2c(=NNC(N)=S)c2ccccc21. The van der Waals surface area contributed by atoms with E-state index >= 15 is 0 Å². The lowest BCUT2D eigenvalue weighted by atomic mass is 10.1. The van der Waals surface area contributed by atoms with Gasteiger partial charge in [0.05, 0.1) is 11.0 Å². The van der Waals surface area contributed by atoms with Gasteiger partial charge in [-0.25, -0.2) is 0 Å². The van der Waals surface area contributed by atoms with Crippen LogP contribution >= 0.6 is 12.2 Å². The molecule has 5 nitrogen and oxygen atoms in total. The normalized spacial score (nSPS) is 11.2. The maximum Gasteiger partial charge on any atom is 0.184 e. The molecule has 3 N–H and O–H groups in total. The van der Waals surface area contributed by atoms with E-state index in [1.54, 1.807) is 0 Å². The van der Waals surface area contributed by atoms with Crippen LogP contribution in [0.5, 0.6) is 0 Å². The minimum atomic E-state index is 0.163. The topological polar surface area (TPSA) is 58.6 Å². The van der Waals surface area contributed by atoms with Crippen molar-refractivity contribution in [1.29, 1.82) is 0 Å². The molecule has 3 aromatic rings. The number of fused-ring (bicyclic) bond motifs is 2. The predicted octanol–water partition coefficient (Wildman–Crippen LogP) is 2.79. The van der Waals surface area contributed by atoms with Crippen molar-refractivity contribution >= 4 is 39.1 Å². The Labute approximate surface area is 159 Å². The first-order chi connectivity index (χ1) is 12.7. The molecule has 0 saturated carbocycles. The van der Waals surface area contributed by atoms with Gasteiger partial charge in [-0.05, 0) is 37.4 Å². The fourth-order valence-corrected chi connectivity index (χ4v) is 3.39. The Morgan fingerprint density at radius 3 is 2.08 bits per heavy atom. The average molecular weight is 368 g/mol. The summed E-state index contributed by atoms with van der Waals surface area (Å²) in [5.41, 5.74) is 10.6. The van der Waals surface area contributed by atoms with E-state index in [1.165, 1.54) is 0 Å². The van der Waals surface area contributed by atoms with Gasteiger partial charge in [0.25, 0.3) is 0 Å². The summed E-state index contributed by atoms with van der Waals surface area (Å²) in [4.78, 5) is 2.43. The quantitative estimate of drug-likeness (QED) is 0.400. The lowest BCUT2D eigenvalue weighted by Crippen LogP contribution is -2.29. The number of thiocarbonyl (C=S) groups is 1. The van der Waals surface area contributed by atoms with Crippen LogP contribution < -0.4 is 16.5 Å². The Hall–Kier alpha value is -2.44. The van der Waals surface area contributed by atoms with E-state index in [4.69, 9.17) is 18.0 Å². The minimum absolute atomic E-state index is 0.163. The van der Waals surface area contributed by atoms with Crippen LogP contribution in [0.2, 0.25) is 0 Å². The molecular formula is C20H25N5S. The third-order valence-electron chi connectivity index (χ3n) is 4.71. The van der Waals surface area contributed by atoms with Gasteiger partial charge in [0.1, 0.15) is 5.36 Å². The maximum atomic E-state index is 5.59. The van der Waals surface area contributed by atoms with Gasteiger partial charge in [0.2, 0.25) is 0 Å². The zero-order valence-electron chi connectivity index (χ0n) is 15.3. The zero-order valence-corrected chi connectivity index (χ0v) is 16.1. The number of pyridine rings is 1. The highest BCUT2D eigenvalue weighted by molar-refractivity contribution is 7.80. The fourth-order valence-electron chi connectivity index (χ4n) is 3.35. The Morgan fingerprint density at radius 1 is 1.04 bits per heavy atom. The van der Waals surface area contributed by atoms with Gasteiger partial charge in [0, 0.05) is 23.9 Å². The van der Waals surface area contributed by atoms with Crippen LogP contribution in [0.15, 0.2) is 53.6 Å². The highest BCUT2D eigenvalue weighted by Crippen LogP contribution is 2.19. The van der Waals surface area contributed by atoms with Crippen LogP contribution in [-0.4, -0.2) is 34.2 Å². The van der Waals surface area contributed by atoms with Crippen molar-refractivity contribution in [3.63, 3.8) is 0 Å². The second-order valence-corrected chi connectivity index (χ2v) is 6.59. The molecule has 0 fully saturated rings. The monoisotopic (exact) mass is 367 g/mol. The summed E-state index contributed by atoms with van der Waals surface area (Å²) >= 11 is 4.93. The first kappa shape index (κ1) is 18.4. The van der Waals surface area contributed by atoms with Crippen LogP contribution in [0.25, 0.3) is 21.8 Å². The van der Waals surface area contributed by atoms with Gasteiger partial charge >= 0.3 is 0 Å². The number of aromatic nitrogens is 1. The van der Waals surface area contributed by atoms with E-state index in [0.29, 0.717) is 0 Å². The molecule has 3 rings (SSSR count). The van der Waals surface area contributed by atoms with Crippen molar-refractivity contribution in [2.45, 2.75) is 20.4 Å². The molecule has 1 heterocycles. The van der Waals surface area contributed by atoms with E-state index in [9.17, 15) is 0 Å². The van der Waals surface area contributed by atoms with Crippen molar-refractivity contribution in [1.82, 2.24) is 14.9 Å². The molecule has 6 heteroatoms. The van der Waals surface area contributed by atoms with Crippen molar-refractivity contribution in [3.8, 4) is 0 Å². The molecule has 0 saturated heterocycles. The zero-order chi connectivity index (χ0) is 18.5. The molecule has 0 radical (unpaired) electrons. The molecule has 2 aromatic carbocycles. The van der Waals surface area contributed by atoms with Crippen molar-refractivity contribution in [3.05, 3.63) is 53.9 Å². The van der Waals surface area contributed by atoms with Crippen molar-refractivity contribution in [2.24, 2.45) is 10.8 Å². The number of likely N-dealkylation sites (N-methyl/N-ethyl adjacent to an activating group) is 1. The van der Waals surface area contributed by atoms with E-state index in [1.807, 2.05) is 12.1 Å². The number of hydrogen-bond donors (Lipinski definition) is 2. The van der Waals surface area contributed by atoms with Crippen LogP contribution in [0.3, 0.4) is 0 Å². The van der Waals surface area contributed by atoms with Gasteiger partial charge < -0.3 is 15.2 Å². The predicted molar refractivity (Wildman–Crippen MR) is 113 cm³/mol. The highest BCUT2D eigenvalue weighted by Gasteiger charge is 2.10. The molecule has 136 valence electrons. The third kappa shape index (κ3) is 3.71. The Bertz CT molecular complexity index is 928. The molecule has 1 aromatic heterocycles. The second-order valence-electron chi connectivity index (χ2n) is 6.15. The molecule has 0 aliphatic rings. The fraction of sp³-hybridized carbons (Fsp3) is 0.300. The molecular weight excluding hydrogens is 342 g/mol. The summed E-state index contributed by atoms with van der Waals surface area (Å²) in [6.45, 7) is 8.44. The second kappa shape index (κ2) is 8.29. The lowest BCUT2D eigenvalue weighted by molar-refractivity contribution is 0.293. The number of hydrogen-bond acceptors (Lipinski definition) is 3. The van der Waals surface area contributed by atoms with Gasteiger partial charge in [-0.2, -0.15) is 5.10 Å². The number of nitrogens with zero attached hydrogens (tertiary/aromatic N) is 3. The van der Waals surface area contributed by atoms with E-state index < -0.39 is 0 Å². The lowest BCUT2D eigenvalue weighted by Gasteiger charge is -2.21. The summed E-state index contributed by atoms with van der Waals surface area (Å²) in [7, 11) is 0. The summed E-state index contributed by atoms with van der Waals surface area (Å²) in [6, 6.07) is 16.7. The molecule has 0 spiro atoms. The Balaban J connectivity index is 2.26. The summed E-state index contributed by atoms with van der Waals surface area (Å²) in [5.74, 6) is 0. The molecule has 0 aliphatic heterocycles. The number of nitrogens with two attached hydrogens (primary N) is 1. The molecule has 0 amide bonds. The van der Waals surface area contributed by atoms with Gasteiger partial charge in [0.15, 0.2) is 5.11 Å². The number of rotatable bonds is 6. The molecule has 26 heavy (non-hydrogen) atoms. The molecule has 0 atom stereocenters. The first-order valence-electron chi connectivity index (χ1n) is 8.97. The largest absolute Gasteiger partial charge is 0.375 e. The number of para-hydroxylation sites is 2. The van der Waals surface area contributed by atoms with Crippen LogP contribution in [0.4, 0.5) is 0 Å². The minimum Gasteiger partial charge on any atom is -0.375 e. The smallest absolute Gasteiger partial charge is 0.184 e. The van der Waals surface area contributed by atoms with Crippen LogP contribution in [-0.2, 0) is 6.54 Å². The van der Waals surface area contributed by atoms with Gasteiger partial charge in [-0.3, -0.25) is 5.43 Å². The standard InChI is InChI=1S/C20H25N5S/c1-3-24(4-2)13-14-25-17-11-7-5-9-15(17)19(22-23-20(21)26)16-10-6-8-12-18(16)25/h5-12H,3-4,13-14H2,1-2H3,(H3,21,23,26).